The molecule has 0 fully saturated rings. The maximum absolute atomic E-state index is 5.52. The van der Waals surface area contributed by atoms with Gasteiger partial charge in [0.2, 0.25) is 0 Å². The first-order valence-corrected chi connectivity index (χ1v) is 5.96. The Morgan fingerprint density at radius 3 is 2.29 bits per heavy atom. The van der Waals surface area contributed by atoms with E-state index >= 15 is 0 Å². The predicted octanol–water partition coefficient (Wildman–Crippen LogP) is 2.95. The van der Waals surface area contributed by atoms with E-state index in [1.807, 2.05) is 0 Å². The summed E-state index contributed by atoms with van der Waals surface area (Å²) in [5.74, 6) is 6.07. The second-order valence-corrected chi connectivity index (χ2v) is 5.25. The summed E-state index contributed by atoms with van der Waals surface area (Å²) >= 11 is 0. The molecular weight excluding hydrogens is 214 g/mol. The Kier molecular flexibility index (Phi) is 4.54. The van der Waals surface area contributed by atoms with E-state index in [4.69, 9.17) is 15.5 Å². The lowest BCUT2D eigenvalue weighted by molar-refractivity contribution is 0.122. The molecule has 0 aliphatic rings. The van der Waals surface area contributed by atoms with Gasteiger partial charge >= 0.3 is 0 Å². The van der Waals surface area contributed by atoms with Crippen LogP contribution in [-0.2, 0) is 23.3 Å². The molecule has 0 atom stereocenters. The van der Waals surface area contributed by atoms with E-state index < -0.39 is 0 Å². The summed E-state index contributed by atoms with van der Waals surface area (Å²) in [5, 5.41) is 0. The van der Waals surface area contributed by atoms with Crippen LogP contribution in [0.1, 0.15) is 44.4 Å². The third-order valence-corrected chi connectivity index (χ3v) is 2.88. The van der Waals surface area contributed by atoms with Crippen LogP contribution < -0.4 is 10.6 Å². The molecule has 0 aromatic heterocycles. The maximum Gasteiger partial charge on any atom is 0.128 e. The Balaban J connectivity index is 3.39. The summed E-state index contributed by atoms with van der Waals surface area (Å²) in [7, 11) is 1.69. The number of hydrogen-bond donors (Lipinski definition) is 1. The molecule has 3 heteroatoms. The minimum absolute atomic E-state index is 0.0415. The summed E-state index contributed by atoms with van der Waals surface area (Å²) in [5.41, 5.74) is 3.54. The molecule has 3 nitrogen and oxygen atoms in total. The van der Waals surface area contributed by atoms with Gasteiger partial charge in [0.15, 0.2) is 0 Å². The van der Waals surface area contributed by atoms with Gasteiger partial charge in [0.05, 0.1) is 13.7 Å². The highest BCUT2D eigenvalue weighted by molar-refractivity contribution is 5.47. The number of aryl methyl sites for hydroxylation is 1. The predicted molar refractivity (Wildman–Crippen MR) is 70.0 cm³/mol. The van der Waals surface area contributed by atoms with Crippen LogP contribution in [-0.4, -0.2) is 7.11 Å². The lowest BCUT2D eigenvalue weighted by Crippen LogP contribution is -2.15. The van der Waals surface area contributed by atoms with Gasteiger partial charge in [0.25, 0.3) is 0 Å². The fourth-order valence-corrected chi connectivity index (χ4v) is 1.95. The molecular formula is C14H23NO2. The van der Waals surface area contributed by atoms with Gasteiger partial charge in [-0.1, -0.05) is 33.8 Å². The molecule has 17 heavy (non-hydrogen) atoms. The van der Waals surface area contributed by atoms with Crippen molar-refractivity contribution in [2.75, 3.05) is 7.11 Å². The molecule has 0 spiro atoms. The summed E-state index contributed by atoms with van der Waals surface area (Å²) < 4.78 is 5.52. The van der Waals surface area contributed by atoms with Crippen molar-refractivity contribution in [3.63, 3.8) is 0 Å². The van der Waals surface area contributed by atoms with E-state index in [-0.39, 0.29) is 5.41 Å². The summed E-state index contributed by atoms with van der Waals surface area (Å²) in [6.07, 6.45) is 0.991. The van der Waals surface area contributed by atoms with Crippen molar-refractivity contribution in [2.45, 2.75) is 46.1 Å². The molecule has 2 N–H and O–H groups in total. The second kappa shape index (κ2) is 5.52. The molecule has 96 valence electrons. The van der Waals surface area contributed by atoms with Gasteiger partial charge in [0.1, 0.15) is 5.75 Å². The van der Waals surface area contributed by atoms with Crippen LogP contribution in [0.5, 0.6) is 5.75 Å². The van der Waals surface area contributed by atoms with Gasteiger partial charge in [0, 0.05) is 11.1 Å². The quantitative estimate of drug-likeness (QED) is 0.819. The smallest absolute Gasteiger partial charge is 0.128 e. The lowest BCUT2D eigenvalue weighted by atomic mass is 9.83. The largest absolute Gasteiger partial charge is 0.496 e. The van der Waals surface area contributed by atoms with Crippen molar-refractivity contribution in [3.05, 3.63) is 28.8 Å². The van der Waals surface area contributed by atoms with Gasteiger partial charge in [-0.25, -0.2) is 5.90 Å². The standard InChI is InChI=1S/C14H23NO2/c1-6-10-7-11(9-17-15)13(16-5)12(8-10)14(2,3)4/h7-8H,6,9,15H2,1-5H3. The fraction of sp³-hybridized carbons (Fsp3) is 0.571. The SMILES string of the molecule is CCc1cc(CON)c(OC)c(C(C)(C)C)c1. The fourth-order valence-electron chi connectivity index (χ4n) is 1.95. The molecule has 1 aromatic carbocycles. The van der Waals surface area contributed by atoms with Crippen LogP contribution in [0.4, 0.5) is 0 Å². The first-order chi connectivity index (χ1) is 7.93. The van der Waals surface area contributed by atoms with Gasteiger partial charge < -0.3 is 4.74 Å². The van der Waals surface area contributed by atoms with Gasteiger partial charge in [-0.3, -0.25) is 4.84 Å². The highest BCUT2D eigenvalue weighted by Gasteiger charge is 2.22. The van der Waals surface area contributed by atoms with Crippen molar-refractivity contribution >= 4 is 0 Å². The molecule has 0 saturated carbocycles. The van der Waals surface area contributed by atoms with E-state index in [0.717, 1.165) is 17.7 Å². The molecule has 1 rings (SSSR count). The summed E-state index contributed by atoms with van der Waals surface area (Å²) in [6.45, 7) is 9.05. The lowest BCUT2D eigenvalue weighted by Gasteiger charge is -2.25. The van der Waals surface area contributed by atoms with Crippen molar-refractivity contribution in [2.24, 2.45) is 5.90 Å². The average molecular weight is 237 g/mol. The maximum atomic E-state index is 5.52. The number of ether oxygens (including phenoxy) is 1. The third-order valence-electron chi connectivity index (χ3n) is 2.88. The van der Waals surface area contributed by atoms with E-state index in [2.05, 4.69) is 39.8 Å². The average Bonchev–Trinajstić information content (AvgIpc) is 2.27. The molecule has 0 heterocycles. The van der Waals surface area contributed by atoms with Crippen LogP contribution in [0.25, 0.3) is 0 Å². The zero-order valence-electron chi connectivity index (χ0n) is 11.5. The van der Waals surface area contributed by atoms with Gasteiger partial charge in [-0.2, -0.15) is 0 Å². The molecule has 0 radical (unpaired) electrons. The first kappa shape index (κ1) is 14.0. The Hall–Kier alpha value is -1.06. The van der Waals surface area contributed by atoms with Crippen molar-refractivity contribution in [1.82, 2.24) is 0 Å². The van der Waals surface area contributed by atoms with Crippen molar-refractivity contribution < 1.29 is 9.57 Å². The number of benzene rings is 1. The van der Waals surface area contributed by atoms with Crippen LogP contribution >= 0.6 is 0 Å². The zero-order chi connectivity index (χ0) is 13.1. The molecule has 0 amide bonds. The molecule has 0 bridgehead atoms. The number of nitrogens with two attached hydrogens (primary N) is 1. The van der Waals surface area contributed by atoms with Crippen molar-refractivity contribution in [1.29, 1.82) is 0 Å². The van der Waals surface area contributed by atoms with Crippen LogP contribution in [0, 0.1) is 0 Å². The Morgan fingerprint density at radius 2 is 1.88 bits per heavy atom. The Labute approximate surface area is 104 Å². The van der Waals surface area contributed by atoms with Crippen LogP contribution in [0.15, 0.2) is 12.1 Å². The minimum Gasteiger partial charge on any atom is -0.496 e. The van der Waals surface area contributed by atoms with E-state index in [0.29, 0.717) is 6.61 Å². The highest BCUT2D eigenvalue weighted by atomic mass is 16.6. The van der Waals surface area contributed by atoms with Gasteiger partial charge in [-0.15, -0.1) is 0 Å². The zero-order valence-corrected chi connectivity index (χ0v) is 11.5. The number of hydrogen-bond acceptors (Lipinski definition) is 3. The molecule has 0 unspecified atom stereocenters. The third kappa shape index (κ3) is 3.20. The Bertz CT molecular complexity index is 381. The minimum atomic E-state index is 0.0415. The monoisotopic (exact) mass is 237 g/mol. The second-order valence-electron chi connectivity index (χ2n) is 5.25. The molecule has 0 aliphatic heterocycles. The first-order valence-electron chi connectivity index (χ1n) is 5.96. The Morgan fingerprint density at radius 1 is 1.24 bits per heavy atom. The topological polar surface area (TPSA) is 44.5 Å². The molecule has 0 aliphatic carbocycles. The highest BCUT2D eigenvalue weighted by Crippen LogP contribution is 2.35. The van der Waals surface area contributed by atoms with Crippen LogP contribution in [0.2, 0.25) is 0 Å². The van der Waals surface area contributed by atoms with E-state index in [1.165, 1.54) is 11.1 Å². The summed E-state index contributed by atoms with van der Waals surface area (Å²) in [4.78, 5) is 4.76. The van der Waals surface area contributed by atoms with E-state index in [1.54, 1.807) is 7.11 Å². The number of methoxy groups -OCH3 is 1. The summed E-state index contributed by atoms with van der Waals surface area (Å²) in [6, 6.07) is 4.31. The van der Waals surface area contributed by atoms with Crippen molar-refractivity contribution in [3.8, 4) is 5.75 Å². The normalized spacial score (nSPS) is 11.6. The van der Waals surface area contributed by atoms with E-state index in [9.17, 15) is 0 Å². The molecule has 1 aromatic rings. The van der Waals surface area contributed by atoms with Crippen LogP contribution in [0.3, 0.4) is 0 Å². The van der Waals surface area contributed by atoms with Gasteiger partial charge in [-0.05, 0) is 23.5 Å². The molecule has 0 saturated heterocycles. The number of rotatable bonds is 4.